The zero-order valence-corrected chi connectivity index (χ0v) is 19.8. The van der Waals surface area contributed by atoms with E-state index in [-0.39, 0.29) is 23.0 Å². The van der Waals surface area contributed by atoms with Crippen LogP contribution in [0.5, 0.6) is 0 Å². The highest BCUT2D eigenvalue weighted by Crippen LogP contribution is 2.19. The second-order valence-corrected chi connectivity index (χ2v) is 10.4. The van der Waals surface area contributed by atoms with Crippen molar-refractivity contribution in [3.63, 3.8) is 0 Å². The van der Waals surface area contributed by atoms with Crippen LogP contribution in [0.1, 0.15) is 29.8 Å². The van der Waals surface area contributed by atoms with Crippen molar-refractivity contribution in [2.75, 3.05) is 44.7 Å². The summed E-state index contributed by atoms with van der Waals surface area (Å²) in [5.41, 5.74) is 1.64. The summed E-state index contributed by atoms with van der Waals surface area (Å²) in [4.78, 5) is 19.1. The molecule has 2 unspecified atom stereocenters. The molecule has 10 heteroatoms. The minimum absolute atomic E-state index is 0.00948. The highest BCUT2D eigenvalue weighted by molar-refractivity contribution is 7.89. The highest BCUT2D eigenvalue weighted by atomic mass is 32.2. The molecule has 2 aliphatic heterocycles. The van der Waals surface area contributed by atoms with Gasteiger partial charge in [0.25, 0.3) is 5.91 Å². The fourth-order valence-electron chi connectivity index (χ4n) is 4.06. The summed E-state index contributed by atoms with van der Waals surface area (Å²) in [5, 5.41) is 3.19. The Labute approximate surface area is 194 Å². The summed E-state index contributed by atoms with van der Waals surface area (Å²) in [7, 11) is -3.56. The molecule has 1 aromatic heterocycles. The maximum atomic E-state index is 12.8. The number of ether oxygens (including phenoxy) is 2. The molecular formula is C23H30N4O5S. The van der Waals surface area contributed by atoms with Crippen LogP contribution in [0, 0.1) is 0 Å². The Balaban J connectivity index is 1.33. The molecule has 33 heavy (non-hydrogen) atoms. The Hall–Kier alpha value is -2.53. The summed E-state index contributed by atoms with van der Waals surface area (Å²) in [6, 6.07) is 10.7. The van der Waals surface area contributed by atoms with Crippen LogP contribution in [0.4, 0.5) is 5.82 Å². The lowest BCUT2D eigenvalue weighted by molar-refractivity contribution is -0.0586. The van der Waals surface area contributed by atoms with E-state index in [0.29, 0.717) is 57.3 Å². The predicted molar refractivity (Wildman–Crippen MR) is 123 cm³/mol. The number of benzene rings is 1. The quantitative estimate of drug-likeness (QED) is 0.683. The molecule has 2 saturated heterocycles. The number of hydrogen-bond acceptors (Lipinski definition) is 7. The maximum absolute atomic E-state index is 12.8. The van der Waals surface area contributed by atoms with Crippen molar-refractivity contribution >= 4 is 21.7 Å². The van der Waals surface area contributed by atoms with E-state index >= 15 is 0 Å². The number of nitrogens with zero attached hydrogens (tertiary/aromatic N) is 3. The molecule has 2 aliphatic rings. The van der Waals surface area contributed by atoms with E-state index in [0.717, 1.165) is 5.56 Å². The molecular weight excluding hydrogens is 444 g/mol. The molecule has 4 rings (SSSR count). The Kier molecular flexibility index (Phi) is 7.28. The highest BCUT2D eigenvalue weighted by Gasteiger charge is 2.27. The Bertz CT molecular complexity index is 1040. The van der Waals surface area contributed by atoms with Gasteiger partial charge in [0.1, 0.15) is 10.7 Å². The number of carbonyl (C=O) groups excluding carboxylic acids is 1. The van der Waals surface area contributed by atoms with E-state index in [1.54, 1.807) is 12.1 Å². The number of anilines is 1. The van der Waals surface area contributed by atoms with Gasteiger partial charge < -0.3 is 19.7 Å². The first kappa shape index (κ1) is 23.6. The number of amides is 1. The Morgan fingerprint density at radius 1 is 1.06 bits per heavy atom. The third kappa shape index (κ3) is 5.70. The van der Waals surface area contributed by atoms with Crippen molar-refractivity contribution < 1.29 is 22.7 Å². The van der Waals surface area contributed by atoms with Gasteiger partial charge in [0.2, 0.25) is 10.0 Å². The second kappa shape index (κ2) is 10.2. The number of sulfonamides is 1. The van der Waals surface area contributed by atoms with E-state index in [2.05, 4.69) is 10.3 Å². The molecule has 1 N–H and O–H groups in total. The SMILES string of the molecule is CC1CN(C(=O)c2ccc(CNc3ccc(S(=O)(=O)N4CCOCC4)cn3)cc2)CC(C)O1. The number of carbonyl (C=O) groups is 1. The summed E-state index contributed by atoms with van der Waals surface area (Å²) >= 11 is 0. The second-order valence-electron chi connectivity index (χ2n) is 8.41. The minimum Gasteiger partial charge on any atom is -0.379 e. The lowest BCUT2D eigenvalue weighted by Gasteiger charge is -2.35. The standard InChI is InChI=1S/C23H30N4O5S/c1-17-15-26(16-18(2)32-17)23(28)20-5-3-19(4-6-20)13-24-22-8-7-21(14-25-22)33(29,30)27-9-11-31-12-10-27/h3-8,14,17-18H,9-13,15-16H2,1-2H3,(H,24,25). The molecule has 0 radical (unpaired) electrons. The predicted octanol–water partition coefficient (Wildman–Crippen LogP) is 1.96. The van der Waals surface area contributed by atoms with E-state index < -0.39 is 10.0 Å². The van der Waals surface area contributed by atoms with Gasteiger partial charge in [0, 0.05) is 44.5 Å². The van der Waals surface area contributed by atoms with Crippen LogP contribution >= 0.6 is 0 Å². The van der Waals surface area contributed by atoms with Gasteiger partial charge in [0.15, 0.2) is 0 Å². The van der Waals surface area contributed by atoms with Crippen LogP contribution in [0.3, 0.4) is 0 Å². The molecule has 2 aromatic rings. The van der Waals surface area contributed by atoms with E-state index in [9.17, 15) is 13.2 Å². The zero-order valence-electron chi connectivity index (χ0n) is 18.9. The van der Waals surface area contributed by atoms with E-state index in [1.807, 2.05) is 43.0 Å². The van der Waals surface area contributed by atoms with Gasteiger partial charge in [-0.1, -0.05) is 12.1 Å². The van der Waals surface area contributed by atoms with Crippen LogP contribution in [0.25, 0.3) is 0 Å². The molecule has 0 aliphatic carbocycles. The smallest absolute Gasteiger partial charge is 0.254 e. The molecule has 9 nitrogen and oxygen atoms in total. The lowest BCUT2D eigenvalue weighted by atomic mass is 10.1. The van der Waals surface area contributed by atoms with Crippen molar-refractivity contribution in [3.8, 4) is 0 Å². The Morgan fingerprint density at radius 3 is 2.33 bits per heavy atom. The van der Waals surface area contributed by atoms with E-state index in [4.69, 9.17) is 9.47 Å². The van der Waals surface area contributed by atoms with Gasteiger partial charge in [-0.15, -0.1) is 0 Å². The number of hydrogen-bond donors (Lipinski definition) is 1. The van der Waals surface area contributed by atoms with Gasteiger partial charge in [-0.25, -0.2) is 13.4 Å². The first-order chi connectivity index (χ1) is 15.8. The molecule has 0 saturated carbocycles. The normalized spacial score (nSPS) is 22.2. The Morgan fingerprint density at radius 2 is 1.73 bits per heavy atom. The summed E-state index contributed by atoms with van der Waals surface area (Å²) in [5.74, 6) is 0.586. The number of pyridine rings is 1. The maximum Gasteiger partial charge on any atom is 0.254 e. The summed E-state index contributed by atoms with van der Waals surface area (Å²) < 4.78 is 37.7. The molecule has 0 spiro atoms. The molecule has 2 atom stereocenters. The van der Waals surface area contributed by atoms with Crippen LogP contribution in [0.15, 0.2) is 47.5 Å². The van der Waals surface area contributed by atoms with Crippen LogP contribution in [-0.2, 0) is 26.0 Å². The number of nitrogens with one attached hydrogen (secondary N) is 1. The third-order valence-corrected chi connectivity index (χ3v) is 7.61. The molecule has 178 valence electrons. The van der Waals surface area contributed by atoms with Gasteiger partial charge in [0.05, 0.1) is 25.4 Å². The minimum atomic E-state index is -3.56. The number of rotatable bonds is 6. The van der Waals surface area contributed by atoms with Crippen molar-refractivity contribution in [2.45, 2.75) is 37.5 Å². The van der Waals surface area contributed by atoms with Crippen molar-refractivity contribution in [2.24, 2.45) is 0 Å². The molecule has 0 bridgehead atoms. The fraction of sp³-hybridized carbons (Fsp3) is 0.478. The average molecular weight is 475 g/mol. The monoisotopic (exact) mass is 474 g/mol. The molecule has 1 amide bonds. The summed E-state index contributed by atoms with van der Waals surface area (Å²) in [6.07, 6.45) is 1.44. The van der Waals surface area contributed by atoms with Crippen molar-refractivity contribution in [1.29, 1.82) is 0 Å². The van der Waals surface area contributed by atoms with Gasteiger partial charge in [-0.3, -0.25) is 4.79 Å². The van der Waals surface area contributed by atoms with Crippen molar-refractivity contribution in [1.82, 2.24) is 14.2 Å². The van der Waals surface area contributed by atoms with Gasteiger partial charge >= 0.3 is 0 Å². The first-order valence-corrected chi connectivity index (χ1v) is 12.6. The van der Waals surface area contributed by atoms with Crippen LogP contribution < -0.4 is 5.32 Å². The third-order valence-electron chi connectivity index (χ3n) is 5.73. The molecule has 3 heterocycles. The van der Waals surface area contributed by atoms with Gasteiger partial charge in [-0.05, 0) is 43.7 Å². The summed E-state index contributed by atoms with van der Waals surface area (Å²) in [6.45, 7) is 7.15. The fourth-order valence-corrected chi connectivity index (χ4v) is 5.41. The molecule has 1 aromatic carbocycles. The first-order valence-electron chi connectivity index (χ1n) is 11.1. The number of morpholine rings is 2. The van der Waals surface area contributed by atoms with Crippen LogP contribution in [-0.4, -0.2) is 80.1 Å². The number of aromatic nitrogens is 1. The lowest BCUT2D eigenvalue weighted by Crippen LogP contribution is -2.48. The average Bonchev–Trinajstić information content (AvgIpc) is 2.83. The van der Waals surface area contributed by atoms with Crippen molar-refractivity contribution in [3.05, 3.63) is 53.7 Å². The molecule has 2 fully saturated rings. The largest absolute Gasteiger partial charge is 0.379 e. The zero-order chi connectivity index (χ0) is 23.4. The van der Waals surface area contributed by atoms with Crippen LogP contribution in [0.2, 0.25) is 0 Å². The topological polar surface area (TPSA) is 101 Å². The van der Waals surface area contributed by atoms with Gasteiger partial charge in [-0.2, -0.15) is 4.31 Å². The van der Waals surface area contributed by atoms with E-state index in [1.165, 1.54) is 10.5 Å².